The van der Waals surface area contributed by atoms with Gasteiger partial charge in [0.2, 0.25) is 5.95 Å². The fourth-order valence-electron chi connectivity index (χ4n) is 3.67. The molecule has 0 aliphatic heterocycles. The van der Waals surface area contributed by atoms with Gasteiger partial charge in [-0.3, -0.25) is 4.40 Å². The first kappa shape index (κ1) is 13.7. The van der Waals surface area contributed by atoms with Crippen molar-refractivity contribution in [2.75, 3.05) is 0 Å². The number of nitrogens with zero attached hydrogens (tertiary/aromatic N) is 5. The highest BCUT2D eigenvalue weighted by molar-refractivity contribution is 6.33. The average Bonchev–Trinajstić information content (AvgIpc) is 3.02. The van der Waals surface area contributed by atoms with Crippen LogP contribution in [0.15, 0.2) is 24.8 Å². The van der Waals surface area contributed by atoms with Gasteiger partial charge in [0.15, 0.2) is 5.65 Å². The molecule has 4 rings (SSSR count). The Morgan fingerprint density at radius 2 is 2.18 bits per heavy atom. The van der Waals surface area contributed by atoms with E-state index in [0.29, 0.717) is 16.6 Å². The van der Waals surface area contributed by atoms with Crippen LogP contribution in [0.1, 0.15) is 31.2 Å². The molecule has 0 bridgehead atoms. The predicted molar refractivity (Wildman–Crippen MR) is 80.3 cm³/mol. The van der Waals surface area contributed by atoms with Crippen molar-refractivity contribution >= 4 is 17.2 Å². The van der Waals surface area contributed by atoms with E-state index in [9.17, 15) is 4.39 Å². The molecule has 0 saturated heterocycles. The monoisotopic (exact) mass is 319 g/mol. The third kappa shape index (κ3) is 1.73. The molecule has 3 aromatic heterocycles. The second-order valence-corrected chi connectivity index (χ2v) is 6.62. The Bertz CT molecular complexity index is 862. The lowest BCUT2D eigenvalue weighted by molar-refractivity contribution is 0.184. The molecule has 1 aliphatic rings. The molecule has 0 atom stereocenters. The Balaban J connectivity index is 1.95. The molecule has 1 fully saturated rings. The Hall–Kier alpha value is -1.95. The van der Waals surface area contributed by atoms with Crippen LogP contribution in [0.3, 0.4) is 0 Å². The molecule has 5 nitrogen and oxygen atoms in total. The van der Waals surface area contributed by atoms with Gasteiger partial charge in [0.1, 0.15) is 12.2 Å². The summed E-state index contributed by atoms with van der Waals surface area (Å²) in [4.78, 5) is 4.00. The van der Waals surface area contributed by atoms with Crippen molar-refractivity contribution in [1.29, 1.82) is 0 Å². The van der Waals surface area contributed by atoms with Gasteiger partial charge in [-0.15, -0.1) is 10.2 Å². The van der Waals surface area contributed by atoms with Crippen molar-refractivity contribution in [3.63, 3.8) is 0 Å². The molecule has 114 valence electrons. The summed E-state index contributed by atoms with van der Waals surface area (Å²) in [7, 11) is 1.93. The fraction of sp³-hybridized carbons (Fsp3) is 0.400. The quantitative estimate of drug-likeness (QED) is 0.729. The molecule has 1 saturated carbocycles. The van der Waals surface area contributed by atoms with Crippen LogP contribution in [0.25, 0.3) is 5.65 Å². The summed E-state index contributed by atoms with van der Waals surface area (Å²) in [5.74, 6) is 1.06. The number of halogens is 2. The van der Waals surface area contributed by atoms with Crippen LogP contribution in [-0.2, 0) is 12.5 Å². The number of pyridine rings is 1. The van der Waals surface area contributed by atoms with Crippen LogP contribution in [0.2, 0.25) is 5.02 Å². The second-order valence-electron chi connectivity index (χ2n) is 6.21. The van der Waals surface area contributed by atoms with Crippen molar-refractivity contribution in [2.45, 2.75) is 25.2 Å². The topological polar surface area (TPSA) is 48.0 Å². The Morgan fingerprint density at radius 1 is 1.41 bits per heavy atom. The number of rotatable bonds is 2. The molecule has 22 heavy (non-hydrogen) atoms. The largest absolute Gasteiger partial charge is 0.320 e. The molecule has 0 amide bonds. The normalized spacial score (nSPS) is 24.6. The van der Waals surface area contributed by atoms with Gasteiger partial charge in [0.05, 0.1) is 16.6 Å². The average molecular weight is 320 g/mol. The Morgan fingerprint density at radius 3 is 2.82 bits per heavy atom. The van der Waals surface area contributed by atoms with Crippen molar-refractivity contribution < 1.29 is 4.39 Å². The number of aromatic nitrogens is 5. The van der Waals surface area contributed by atoms with E-state index in [2.05, 4.69) is 22.1 Å². The standard InChI is InChI=1S/C15H15ClFN5/c1-9-4-15(5-9,14-20-19-8-21(14)2)10-3-11(16)13-18-6-12(17)22(13)7-10/h3,6-9H,4-5H2,1-2H3. The van der Waals surface area contributed by atoms with Crippen LogP contribution in [0.4, 0.5) is 4.39 Å². The van der Waals surface area contributed by atoms with Crippen LogP contribution < -0.4 is 0 Å². The first-order valence-electron chi connectivity index (χ1n) is 7.18. The molecule has 7 heteroatoms. The third-order valence-corrected chi connectivity index (χ3v) is 4.88. The molecule has 0 aromatic carbocycles. The molecule has 0 N–H and O–H groups in total. The molecule has 0 unspecified atom stereocenters. The van der Waals surface area contributed by atoms with Gasteiger partial charge in [0.25, 0.3) is 0 Å². The van der Waals surface area contributed by atoms with Crippen molar-refractivity contribution in [3.05, 3.63) is 47.1 Å². The summed E-state index contributed by atoms with van der Waals surface area (Å²) in [5, 5.41) is 8.74. The lowest BCUT2D eigenvalue weighted by atomic mass is 9.59. The molecule has 3 heterocycles. The molecule has 0 spiro atoms. The zero-order chi connectivity index (χ0) is 15.5. The van der Waals surface area contributed by atoms with Crippen LogP contribution in [-0.4, -0.2) is 24.1 Å². The van der Waals surface area contributed by atoms with E-state index in [4.69, 9.17) is 11.6 Å². The summed E-state index contributed by atoms with van der Waals surface area (Å²) in [6.07, 6.45) is 6.54. The number of aryl methyl sites for hydroxylation is 1. The molecule has 3 aromatic rings. The van der Waals surface area contributed by atoms with Crippen molar-refractivity contribution in [2.24, 2.45) is 13.0 Å². The number of fused-ring (bicyclic) bond motifs is 1. The van der Waals surface area contributed by atoms with Crippen LogP contribution in [0.5, 0.6) is 0 Å². The number of hydrogen-bond acceptors (Lipinski definition) is 3. The van der Waals surface area contributed by atoms with Gasteiger partial charge in [0, 0.05) is 13.2 Å². The lowest BCUT2D eigenvalue weighted by Gasteiger charge is -2.46. The third-order valence-electron chi connectivity index (χ3n) is 4.60. The van der Waals surface area contributed by atoms with E-state index in [1.165, 1.54) is 10.6 Å². The number of imidazole rings is 1. The minimum absolute atomic E-state index is 0.265. The van der Waals surface area contributed by atoms with E-state index in [1.54, 1.807) is 12.5 Å². The lowest BCUT2D eigenvalue weighted by Crippen LogP contribution is -2.43. The van der Waals surface area contributed by atoms with E-state index in [-0.39, 0.29) is 5.41 Å². The highest BCUT2D eigenvalue weighted by atomic mass is 35.5. The van der Waals surface area contributed by atoms with Gasteiger partial charge in [-0.25, -0.2) is 4.98 Å². The predicted octanol–water partition coefficient (Wildman–Crippen LogP) is 2.97. The van der Waals surface area contributed by atoms with E-state index >= 15 is 0 Å². The highest BCUT2D eigenvalue weighted by Gasteiger charge is 2.48. The second kappa shape index (κ2) is 4.52. The molecule has 0 radical (unpaired) electrons. The van der Waals surface area contributed by atoms with E-state index < -0.39 is 5.95 Å². The number of hydrogen-bond donors (Lipinski definition) is 0. The first-order chi connectivity index (χ1) is 10.5. The summed E-state index contributed by atoms with van der Waals surface area (Å²) in [5.41, 5.74) is 1.12. The summed E-state index contributed by atoms with van der Waals surface area (Å²) in [6, 6.07) is 1.88. The maximum atomic E-state index is 13.9. The maximum absolute atomic E-state index is 13.9. The molecule has 1 aliphatic carbocycles. The first-order valence-corrected chi connectivity index (χ1v) is 7.56. The van der Waals surface area contributed by atoms with Gasteiger partial charge in [-0.2, -0.15) is 4.39 Å². The fourth-order valence-corrected chi connectivity index (χ4v) is 3.93. The van der Waals surface area contributed by atoms with Crippen LogP contribution in [0, 0.1) is 11.9 Å². The molecular formula is C15H15ClFN5. The van der Waals surface area contributed by atoms with Gasteiger partial charge >= 0.3 is 0 Å². The summed E-state index contributed by atoms with van der Waals surface area (Å²) >= 11 is 6.31. The minimum atomic E-state index is -0.417. The van der Waals surface area contributed by atoms with Gasteiger partial charge < -0.3 is 4.57 Å². The van der Waals surface area contributed by atoms with E-state index in [0.717, 1.165) is 24.2 Å². The SMILES string of the molecule is CC1CC(c2cc(Cl)c3ncc(F)n3c2)(c2nncn2C)C1. The van der Waals surface area contributed by atoms with Crippen LogP contribution >= 0.6 is 11.6 Å². The van der Waals surface area contributed by atoms with Gasteiger partial charge in [-0.1, -0.05) is 18.5 Å². The highest BCUT2D eigenvalue weighted by Crippen LogP contribution is 2.51. The zero-order valence-corrected chi connectivity index (χ0v) is 13.0. The Kier molecular flexibility index (Phi) is 2.81. The van der Waals surface area contributed by atoms with E-state index in [1.807, 2.05) is 17.7 Å². The minimum Gasteiger partial charge on any atom is -0.320 e. The Labute approximate surface area is 131 Å². The summed E-state index contributed by atoms with van der Waals surface area (Å²) in [6.45, 7) is 2.20. The maximum Gasteiger partial charge on any atom is 0.217 e. The van der Waals surface area contributed by atoms with Gasteiger partial charge in [-0.05, 0) is 30.4 Å². The smallest absolute Gasteiger partial charge is 0.217 e. The molecular weight excluding hydrogens is 305 g/mol. The summed E-state index contributed by atoms with van der Waals surface area (Å²) < 4.78 is 17.2. The van der Waals surface area contributed by atoms with Crippen molar-refractivity contribution in [1.82, 2.24) is 24.1 Å². The zero-order valence-electron chi connectivity index (χ0n) is 12.3. The van der Waals surface area contributed by atoms with Crippen molar-refractivity contribution in [3.8, 4) is 0 Å².